The third kappa shape index (κ3) is 9.81. The van der Waals surface area contributed by atoms with Gasteiger partial charge in [-0.15, -0.1) is 0 Å². The summed E-state index contributed by atoms with van der Waals surface area (Å²) in [5.41, 5.74) is 18.7. The number of aromatic amines is 1. The van der Waals surface area contributed by atoms with Crippen molar-refractivity contribution in [1.29, 1.82) is 0 Å². The van der Waals surface area contributed by atoms with Crippen LogP contribution in [-0.4, -0.2) is 81.7 Å². The molecule has 3 rings (SSSR count). The van der Waals surface area contributed by atoms with Gasteiger partial charge in [-0.2, -0.15) is 0 Å². The van der Waals surface area contributed by atoms with Crippen molar-refractivity contribution in [2.24, 2.45) is 22.2 Å². The highest BCUT2D eigenvalue weighted by Crippen LogP contribution is 2.19. The van der Waals surface area contributed by atoms with E-state index >= 15 is 0 Å². The topological polar surface area (TPSA) is 251 Å². The van der Waals surface area contributed by atoms with Crippen molar-refractivity contribution in [3.8, 4) is 0 Å². The number of carbonyl (C=O) groups excluding carboxylic acids is 3. The molecule has 5 atom stereocenters. The number of nitrogens with one attached hydrogen (secondary N) is 4. The van der Waals surface area contributed by atoms with Crippen LogP contribution in [0.15, 0.2) is 65.8 Å². The molecule has 0 saturated heterocycles. The van der Waals surface area contributed by atoms with Gasteiger partial charge in [0.2, 0.25) is 17.7 Å². The zero-order chi connectivity index (χ0) is 32.2. The normalized spacial score (nSPS) is 14.4. The smallest absolute Gasteiger partial charge is 0.326 e. The fourth-order valence-corrected chi connectivity index (χ4v) is 4.58. The van der Waals surface area contributed by atoms with Gasteiger partial charge in [0.05, 0.1) is 6.10 Å². The quantitative estimate of drug-likeness (QED) is 0.0563. The molecule has 14 nitrogen and oxygen atoms in total. The predicted octanol–water partition coefficient (Wildman–Crippen LogP) is -0.746. The standard InChI is InChI=1S/C30H40N8O6/c1-17(39)25(31)28(42)36-22(12-7-13-34-30(32)33)26(40)37-23(14-18-8-3-2-4-9-18)27(41)38-24(29(43)44)15-19-16-35-21-11-6-5-10-20(19)21/h2-6,8-11,16-17,22-25,35,39H,7,12-15,31H2,1H3,(H,36,42)(H,37,40)(H,38,41)(H,43,44)(H4,32,33,34). The molecule has 2 aromatic carbocycles. The van der Waals surface area contributed by atoms with E-state index in [9.17, 15) is 29.4 Å². The molecule has 236 valence electrons. The van der Waals surface area contributed by atoms with E-state index in [1.165, 1.54) is 6.92 Å². The van der Waals surface area contributed by atoms with Crippen molar-refractivity contribution in [2.75, 3.05) is 6.54 Å². The number of hydrogen-bond acceptors (Lipinski definition) is 7. The molecule has 0 fully saturated rings. The second-order valence-corrected chi connectivity index (χ2v) is 10.5. The fraction of sp³-hybridized carbons (Fsp3) is 0.367. The summed E-state index contributed by atoms with van der Waals surface area (Å²) < 4.78 is 0. The summed E-state index contributed by atoms with van der Waals surface area (Å²) in [5, 5.41) is 28.3. The van der Waals surface area contributed by atoms with Gasteiger partial charge in [-0.3, -0.25) is 19.4 Å². The summed E-state index contributed by atoms with van der Waals surface area (Å²) in [5.74, 6) is -3.58. The number of aromatic nitrogens is 1. The zero-order valence-corrected chi connectivity index (χ0v) is 24.4. The molecule has 5 unspecified atom stereocenters. The number of nitrogens with zero attached hydrogens (tertiary/aromatic N) is 1. The number of aliphatic hydroxyl groups excluding tert-OH is 1. The molecule has 1 aromatic heterocycles. The number of aliphatic carboxylic acids is 1. The van der Waals surface area contributed by atoms with Crippen molar-refractivity contribution in [2.45, 2.75) is 62.9 Å². The Balaban J connectivity index is 1.82. The van der Waals surface area contributed by atoms with Crippen molar-refractivity contribution >= 4 is 40.6 Å². The number of aliphatic hydroxyl groups is 1. The first-order valence-electron chi connectivity index (χ1n) is 14.2. The summed E-state index contributed by atoms with van der Waals surface area (Å²) in [4.78, 5) is 58.9. The minimum absolute atomic E-state index is 0.00219. The molecule has 1 heterocycles. The third-order valence-corrected chi connectivity index (χ3v) is 7.03. The Labute approximate surface area is 254 Å². The number of rotatable bonds is 16. The molecule has 0 radical (unpaired) electrons. The van der Waals surface area contributed by atoms with E-state index in [1.54, 1.807) is 36.5 Å². The summed E-state index contributed by atoms with van der Waals surface area (Å²) in [6.07, 6.45) is 0.934. The van der Waals surface area contributed by atoms with Gasteiger partial charge in [0.1, 0.15) is 24.2 Å². The van der Waals surface area contributed by atoms with E-state index in [2.05, 4.69) is 25.9 Å². The number of carboxylic acid groups (broad SMARTS) is 1. The highest BCUT2D eigenvalue weighted by atomic mass is 16.4. The molecule has 0 saturated carbocycles. The Morgan fingerprint density at radius 1 is 0.864 bits per heavy atom. The predicted molar refractivity (Wildman–Crippen MR) is 165 cm³/mol. The number of nitrogens with two attached hydrogens (primary N) is 3. The number of aliphatic imine (C=N–C) groups is 1. The van der Waals surface area contributed by atoms with Crippen molar-refractivity contribution in [1.82, 2.24) is 20.9 Å². The van der Waals surface area contributed by atoms with Crippen LogP contribution < -0.4 is 33.2 Å². The Kier molecular flexibility index (Phi) is 12.2. The van der Waals surface area contributed by atoms with Gasteiger partial charge in [0.25, 0.3) is 0 Å². The Morgan fingerprint density at radius 3 is 2.14 bits per heavy atom. The summed E-state index contributed by atoms with van der Waals surface area (Å²) in [6.45, 7) is 1.51. The van der Waals surface area contributed by atoms with Crippen LogP contribution in [0.25, 0.3) is 10.9 Å². The van der Waals surface area contributed by atoms with E-state index in [4.69, 9.17) is 17.2 Å². The fourth-order valence-electron chi connectivity index (χ4n) is 4.58. The molecule has 3 amide bonds. The second kappa shape index (κ2) is 16.0. The number of benzene rings is 2. The van der Waals surface area contributed by atoms with Crippen LogP contribution in [0, 0.1) is 0 Å². The van der Waals surface area contributed by atoms with E-state index in [0.29, 0.717) is 17.5 Å². The SMILES string of the molecule is CC(O)C(N)C(=O)NC(CCCN=C(N)N)C(=O)NC(Cc1ccccc1)C(=O)NC(Cc1c[nH]c2ccccc12)C(=O)O. The number of amides is 3. The summed E-state index contributed by atoms with van der Waals surface area (Å²) in [6, 6.07) is 11.3. The minimum atomic E-state index is -1.30. The maximum atomic E-state index is 13.6. The lowest BCUT2D eigenvalue weighted by Gasteiger charge is -2.26. The van der Waals surface area contributed by atoms with Gasteiger partial charge in [-0.25, -0.2) is 4.79 Å². The molecule has 3 aromatic rings. The summed E-state index contributed by atoms with van der Waals surface area (Å²) in [7, 11) is 0. The third-order valence-electron chi connectivity index (χ3n) is 7.03. The van der Waals surface area contributed by atoms with E-state index in [0.717, 1.165) is 10.9 Å². The number of para-hydroxylation sites is 1. The molecule has 14 heteroatoms. The Hall–Kier alpha value is -4.95. The molecule has 0 aliphatic carbocycles. The highest BCUT2D eigenvalue weighted by molar-refractivity contribution is 5.94. The minimum Gasteiger partial charge on any atom is -0.480 e. The van der Waals surface area contributed by atoms with Gasteiger partial charge in [-0.05, 0) is 37.0 Å². The largest absolute Gasteiger partial charge is 0.480 e. The van der Waals surface area contributed by atoms with Gasteiger partial charge in [0.15, 0.2) is 5.96 Å². The average Bonchev–Trinajstić information content (AvgIpc) is 3.40. The molecule has 0 spiro atoms. The van der Waals surface area contributed by atoms with Crippen LogP contribution in [0.1, 0.15) is 30.9 Å². The van der Waals surface area contributed by atoms with Gasteiger partial charge in [0, 0.05) is 36.5 Å². The molecule has 0 aliphatic heterocycles. The first kappa shape index (κ1) is 33.6. The van der Waals surface area contributed by atoms with Crippen LogP contribution in [-0.2, 0) is 32.0 Å². The molecule has 0 aliphatic rings. The van der Waals surface area contributed by atoms with E-state index in [1.807, 2.05) is 24.3 Å². The lowest BCUT2D eigenvalue weighted by atomic mass is 10.0. The Bertz CT molecular complexity index is 1450. The van der Waals surface area contributed by atoms with Crippen molar-refractivity contribution in [3.63, 3.8) is 0 Å². The van der Waals surface area contributed by atoms with E-state index in [-0.39, 0.29) is 31.8 Å². The zero-order valence-electron chi connectivity index (χ0n) is 24.4. The van der Waals surface area contributed by atoms with Gasteiger partial charge >= 0.3 is 5.97 Å². The van der Waals surface area contributed by atoms with Crippen molar-refractivity contribution in [3.05, 3.63) is 71.9 Å². The molecule has 0 bridgehead atoms. The first-order valence-corrected chi connectivity index (χ1v) is 14.2. The van der Waals surface area contributed by atoms with E-state index < -0.39 is 54.0 Å². The van der Waals surface area contributed by atoms with Crippen LogP contribution in [0.5, 0.6) is 0 Å². The van der Waals surface area contributed by atoms with Crippen LogP contribution in [0.3, 0.4) is 0 Å². The lowest BCUT2D eigenvalue weighted by molar-refractivity contribution is -0.142. The van der Waals surface area contributed by atoms with Crippen LogP contribution >= 0.6 is 0 Å². The maximum Gasteiger partial charge on any atom is 0.326 e. The molecular weight excluding hydrogens is 568 g/mol. The average molecular weight is 609 g/mol. The maximum absolute atomic E-state index is 13.6. The van der Waals surface area contributed by atoms with Gasteiger partial charge < -0.3 is 48.3 Å². The number of carbonyl (C=O) groups is 4. The number of H-pyrrole nitrogens is 1. The Morgan fingerprint density at radius 2 is 1.48 bits per heavy atom. The molecule has 44 heavy (non-hydrogen) atoms. The first-order chi connectivity index (χ1) is 21.0. The number of hydrogen-bond donors (Lipinski definition) is 9. The number of guanidine groups is 1. The summed E-state index contributed by atoms with van der Waals surface area (Å²) >= 11 is 0. The van der Waals surface area contributed by atoms with Crippen molar-refractivity contribution < 1.29 is 29.4 Å². The number of carboxylic acids is 1. The monoisotopic (exact) mass is 608 g/mol. The van der Waals surface area contributed by atoms with Gasteiger partial charge in [-0.1, -0.05) is 48.5 Å². The molecular formula is C30H40N8O6. The molecule has 12 N–H and O–H groups in total. The highest BCUT2D eigenvalue weighted by Gasteiger charge is 2.31. The number of fused-ring (bicyclic) bond motifs is 1. The lowest BCUT2D eigenvalue weighted by Crippen LogP contribution is -2.58. The van der Waals surface area contributed by atoms with Crippen LogP contribution in [0.4, 0.5) is 0 Å². The van der Waals surface area contributed by atoms with Crippen LogP contribution in [0.2, 0.25) is 0 Å². The second-order valence-electron chi connectivity index (χ2n) is 10.5.